The Morgan fingerprint density at radius 1 is 0.738 bits per heavy atom. The quantitative estimate of drug-likeness (QED) is 0.0814. The molecule has 0 spiro atoms. The average Bonchev–Trinajstić information content (AvgIpc) is 1.80. The predicted octanol–water partition coefficient (Wildman–Crippen LogP) is 21.5. The summed E-state index contributed by atoms with van der Waals surface area (Å²) in [5, 5.41) is 0. The van der Waals surface area contributed by atoms with Gasteiger partial charge in [-0.15, -0.1) is 6.58 Å². The van der Waals surface area contributed by atoms with Crippen LogP contribution < -0.4 is 9.80 Å². The van der Waals surface area contributed by atoms with Crippen molar-refractivity contribution in [3.8, 4) is 11.1 Å². The summed E-state index contributed by atoms with van der Waals surface area (Å²) in [5.41, 5.74) is 25.8. The van der Waals surface area contributed by atoms with E-state index >= 15 is 0 Å². The molecule has 3 heteroatoms. The molecule has 5 aromatic rings. The summed E-state index contributed by atoms with van der Waals surface area (Å²) in [7, 11) is 0. The van der Waals surface area contributed by atoms with Crippen LogP contribution in [-0.2, 0) is 10.2 Å². The van der Waals surface area contributed by atoms with Gasteiger partial charge in [0.1, 0.15) is 0 Å². The van der Waals surface area contributed by atoms with Gasteiger partial charge < -0.3 is 14.5 Å². The van der Waals surface area contributed by atoms with Crippen LogP contribution in [0.15, 0.2) is 253 Å². The highest BCUT2D eigenvalue weighted by atomic mass is 16.5. The number of fused-ring (bicyclic) bond motifs is 5. The minimum Gasteiger partial charge on any atom is -0.373 e. The highest BCUT2D eigenvalue weighted by Crippen LogP contribution is 2.60. The number of hydrogen-bond donors (Lipinski definition) is 0. The van der Waals surface area contributed by atoms with Crippen LogP contribution in [0, 0.1) is 23.7 Å². The molecule has 0 N–H and O–H groups in total. The van der Waals surface area contributed by atoms with Gasteiger partial charge in [0, 0.05) is 46.4 Å². The highest BCUT2D eigenvalue weighted by molar-refractivity contribution is 5.87. The van der Waals surface area contributed by atoms with Crippen LogP contribution in [0.25, 0.3) is 28.3 Å². The van der Waals surface area contributed by atoms with E-state index in [2.05, 4.69) is 257 Å². The Morgan fingerprint density at radius 2 is 1.55 bits per heavy atom. The van der Waals surface area contributed by atoms with Gasteiger partial charge in [-0.25, -0.2) is 0 Å². The van der Waals surface area contributed by atoms with Crippen molar-refractivity contribution in [3.05, 3.63) is 281 Å². The normalized spacial score (nSPS) is 24.6. The van der Waals surface area contributed by atoms with Crippen molar-refractivity contribution in [3.63, 3.8) is 0 Å². The van der Waals surface area contributed by atoms with E-state index in [0.29, 0.717) is 23.7 Å². The minimum absolute atomic E-state index is 0.0524. The maximum atomic E-state index is 6.81. The summed E-state index contributed by atoms with van der Waals surface area (Å²) in [4.78, 5) is 5.14. The molecule has 8 aliphatic rings. The van der Waals surface area contributed by atoms with Gasteiger partial charge in [-0.1, -0.05) is 190 Å². The van der Waals surface area contributed by atoms with Crippen LogP contribution in [0.1, 0.15) is 138 Å². The summed E-state index contributed by atoms with van der Waals surface area (Å²) in [6.45, 7) is 18.3. The molecule has 1 heterocycles. The van der Waals surface area contributed by atoms with Crippen LogP contribution >= 0.6 is 0 Å². The van der Waals surface area contributed by atoms with E-state index in [-0.39, 0.29) is 23.5 Å². The molecule has 13 rings (SSSR count). The third-order valence-electron chi connectivity index (χ3n) is 20.1. The Bertz CT molecular complexity index is 3690. The van der Waals surface area contributed by atoms with Gasteiger partial charge in [0.15, 0.2) is 0 Å². The zero-order chi connectivity index (χ0) is 57.3. The molecule has 424 valence electrons. The lowest BCUT2D eigenvalue weighted by molar-refractivity contribution is 0.0502. The molecule has 0 saturated heterocycles. The third kappa shape index (κ3) is 10.7. The number of para-hydroxylation sites is 1. The van der Waals surface area contributed by atoms with E-state index in [1.165, 1.54) is 97.0 Å². The van der Waals surface area contributed by atoms with E-state index < -0.39 is 0 Å². The van der Waals surface area contributed by atoms with Crippen molar-refractivity contribution in [2.24, 2.45) is 23.7 Å². The van der Waals surface area contributed by atoms with Crippen LogP contribution in [0.4, 0.5) is 22.7 Å². The lowest BCUT2D eigenvalue weighted by Crippen LogP contribution is -2.38. The van der Waals surface area contributed by atoms with Gasteiger partial charge in [-0.3, -0.25) is 0 Å². The summed E-state index contributed by atoms with van der Waals surface area (Å²) in [5.74, 6) is 2.24. The van der Waals surface area contributed by atoms with Gasteiger partial charge in [-0.2, -0.15) is 0 Å². The SMILES string of the molecule is C=Cc1ccc(C2=C(C)CC(OCC(C)CCC(C)CC3(C4CC=CCC4)C4=C(CCC=C4)c4ccc(N(c5ccc(-c6ccc7c(c6)C6CC(C8=CCC(C=C)C=C8)=CC=C6N7c6ccccc6)cc5)C5C=CC=CC5)cc43)C(C)=C2)cc1. The fourth-order valence-corrected chi connectivity index (χ4v) is 15.6. The van der Waals surface area contributed by atoms with E-state index in [9.17, 15) is 0 Å². The van der Waals surface area contributed by atoms with E-state index in [1.807, 2.05) is 6.08 Å². The Balaban J connectivity index is 0.771. The van der Waals surface area contributed by atoms with E-state index in [0.717, 1.165) is 76.4 Å². The molecule has 5 aromatic carbocycles. The first-order valence-electron chi connectivity index (χ1n) is 31.7. The van der Waals surface area contributed by atoms with Crippen molar-refractivity contribution in [2.45, 2.75) is 128 Å². The first kappa shape index (κ1) is 55.5. The highest BCUT2D eigenvalue weighted by Gasteiger charge is 2.50. The van der Waals surface area contributed by atoms with E-state index in [4.69, 9.17) is 4.74 Å². The lowest BCUT2D eigenvalue weighted by Gasteiger charge is -2.44. The number of hydrogen-bond acceptors (Lipinski definition) is 3. The first-order valence-corrected chi connectivity index (χ1v) is 31.7. The monoisotopic (exact) mass is 1100 g/mol. The van der Waals surface area contributed by atoms with Crippen molar-refractivity contribution >= 4 is 40.0 Å². The average molecular weight is 1100 g/mol. The van der Waals surface area contributed by atoms with E-state index in [1.54, 1.807) is 16.7 Å². The largest absolute Gasteiger partial charge is 0.373 e. The summed E-state index contributed by atoms with van der Waals surface area (Å²) < 4.78 is 6.81. The van der Waals surface area contributed by atoms with Crippen molar-refractivity contribution in [1.29, 1.82) is 0 Å². The molecule has 0 amide bonds. The molecule has 8 atom stereocenters. The van der Waals surface area contributed by atoms with Crippen molar-refractivity contribution < 1.29 is 4.74 Å². The number of allylic oxidation sites excluding steroid dienone is 19. The number of nitrogens with zero attached hydrogens (tertiary/aromatic N) is 2. The molecule has 84 heavy (non-hydrogen) atoms. The topological polar surface area (TPSA) is 15.7 Å². The summed E-state index contributed by atoms with van der Waals surface area (Å²) in [6.07, 6.45) is 50.7. The van der Waals surface area contributed by atoms with Crippen LogP contribution in [-0.4, -0.2) is 18.8 Å². The smallest absolute Gasteiger partial charge is 0.0822 e. The zero-order valence-electron chi connectivity index (χ0n) is 50.2. The number of rotatable bonds is 18. The second-order valence-electron chi connectivity index (χ2n) is 25.6. The van der Waals surface area contributed by atoms with Gasteiger partial charge in [0.25, 0.3) is 0 Å². The Kier molecular flexibility index (Phi) is 15.9. The standard InChI is InChI=1S/C81H84N2O/c1-7-59-30-34-61(35-31-59)64-40-46-78-74(50-64)75-51-65(41-47-79(75)83(78)68-24-16-11-17-25-68)62-38-42-69(43-39-62)82(67-22-14-10-15-23-67)70-44-45-72-71-26-18-19-27-76(71)81(77(72)52-70,66-20-12-9-13-21-66)53-55(3)28-29-56(4)54-84-80-49-57(5)73(48-58(80)6)63-36-32-60(8-2)33-37-63/h7-12,14-17,19,22,24-25,27,30,32-48,51-52,55-56,59,66-67,74,80H,1-2,13,18,20-21,23,26,28-29,31,49-50,53-54H2,3-6H3. The minimum atomic E-state index is -0.0524. The molecule has 0 radical (unpaired) electrons. The molecule has 7 aliphatic carbocycles. The Morgan fingerprint density at radius 3 is 2.31 bits per heavy atom. The molecule has 0 fully saturated rings. The molecule has 1 aliphatic heterocycles. The number of benzene rings is 5. The van der Waals surface area contributed by atoms with Gasteiger partial charge >= 0.3 is 0 Å². The maximum absolute atomic E-state index is 6.81. The fourth-order valence-electron chi connectivity index (χ4n) is 15.6. The first-order chi connectivity index (χ1) is 41.2. The van der Waals surface area contributed by atoms with Crippen LogP contribution in [0.3, 0.4) is 0 Å². The number of anilines is 4. The second-order valence-corrected chi connectivity index (χ2v) is 25.6. The Labute approximate surface area is 502 Å². The number of ether oxygens (including phenoxy) is 1. The molecular weight excluding hydrogens is 1020 g/mol. The third-order valence-corrected chi connectivity index (χ3v) is 20.1. The molecule has 8 unspecified atom stereocenters. The van der Waals surface area contributed by atoms with Gasteiger partial charge in [0.2, 0.25) is 0 Å². The van der Waals surface area contributed by atoms with Crippen LogP contribution in [0.2, 0.25) is 0 Å². The summed E-state index contributed by atoms with van der Waals surface area (Å²) in [6, 6.07) is 44.3. The second kappa shape index (κ2) is 24.1. The lowest BCUT2D eigenvalue weighted by atomic mass is 9.59. The van der Waals surface area contributed by atoms with Gasteiger partial charge in [0.05, 0.1) is 12.1 Å². The fraction of sp³-hybridized carbons (Fsp3) is 0.309. The van der Waals surface area contributed by atoms with Gasteiger partial charge in [-0.05, 0) is 235 Å². The van der Waals surface area contributed by atoms with Crippen molar-refractivity contribution in [1.82, 2.24) is 0 Å². The zero-order valence-corrected chi connectivity index (χ0v) is 50.2. The molecule has 3 nitrogen and oxygen atoms in total. The summed E-state index contributed by atoms with van der Waals surface area (Å²) >= 11 is 0. The Hall–Kier alpha value is -7.72. The van der Waals surface area contributed by atoms with Crippen LogP contribution in [0.5, 0.6) is 0 Å². The predicted molar refractivity (Wildman–Crippen MR) is 358 cm³/mol. The molecule has 0 saturated carbocycles. The molecular formula is C81H84N2O. The molecule has 0 aromatic heterocycles. The van der Waals surface area contributed by atoms with Crippen molar-refractivity contribution in [2.75, 3.05) is 16.4 Å². The molecule has 0 bridgehead atoms. The maximum Gasteiger partial charge on any atom is 0.0822 e.